The summed E-state index contributed by atoms with van der Waals surface area (Å²) in [6.45, 7) is 11.4. The average molecular weight is 258 g/mol. The molecule has 0 aromatic heterocycles. The van der Waals surface area contributed by atoms with Crippen LogP contribution in [0.5, 0.6) is 0 Å². The third kappa shape index (κ3) is 5.22. The molecule has 0 radical (unpaired) electrons. The van der Waals surface area contributed by atoms with Crippen LogP contribution in [0.4, 0.5) is 0 Å². The van der Waals surface area contributed by atoms with Gasteiger partial charge < -0.3 is 0 Å². The molecule has 1 aliphatic rings. The molecule has 106 valence electrons. The van der Waals surface area contributed by atoms with Crippen molar-refractivity contribution in [2.45, 2.75) is 60.3 Å². The Bertz CT molecular complexity index is 390. The third-order valence-electron chi connectivity index (χ3n) is 4.26. The molecule has 0 aliphatic heterocycles. The predicted molar refractivity (Wildman–Crippen MR) is 87.2 cm³/mol. The SMILES string of the molecule is CCCC(C)/C(C)=C\C=C/C(C)C1=C(C)C=CCC1. The Morgan fingerprint density at radius 2 is 2.11 bits per heavy atom. The topological polar surface area (TPSA) is 0 Å². The van der Waals surface area contributed by atoms with Crippen molar-refractivity contribution < 1.29 is 0 Å². The van der Waals surface area contributed by atoms with Crippen molar-refractivity contribution in [3.63, 3.8) is 0 Å². The minimum absolute atomic E-state index is 0.565. The van der Waals surface area contributed by atoms with Gasteiger partial charge in [-0.05, 0) is 44.9 Å². The van der Waals surface area contributed by atoms with Gasteiger partial charge in [0.05, 0.1) is 0 Å². The first kappa shape index (κ1) is 16.0. The Morgan fingerprint density at radius 1 is 1.37 bits per heavy atom. The van der Waals surface area contributed by atoms with Crippen LogP contribution >= 0.6 is 0 Å². The molecule has 1 rings (SSSR count). The van der Waals surface area contributed by atoms with Crippen molar-refractivity contribution in [2.75, 3.05) is 0 Å². The molecule has 2 unspecified atom stereocenters. The highest BCUT2D eigenvalue weighted by Crippen LogP contribution is 2.26. The van der Waals surface area contributed by atoms with Crippen molar-refractivity contribution in [3.05, 3.63) is 47.1 Å². The minimum atomic E-state index is 0.565. The van der Waals surface area contributed by atoms with E-state index in [2.05, 4.69) is 65.0 Å². The van der Waals surface area contributed by atoms with Crippen molar-refractivity contribution in [2.24, 2.45) is 11.8 Å². The number of hydrogen-bond donors (Lipinski definition) is 0. The molecule has 0 aromatic rings. The summed E-state index contributed by atoms with van der Waals surface area (Å²) < 4.78 is 0. The van der Waals surface area contributed by atoms with E-state index < -0.39 is 0 Å². The van der Waals surface area contributed by atoms with Crippen molar-refractivity contribution in [1.82, 2.24) is 0 Å². The standard InChI is InChI=1S/C19H30/c1-6-10-15(2)16(3)12-9-13-18(5)19-14-8-7-11-17(19)4/h7,9,11-13,15,18H,6,8,10,14H2,1-5H3/b13-9-,16-12-. The fourth-order valence-electron chi connectivity index (χ4n) is 2.71. The van der Waals surface area contributed by atoms with Gasteiger partial charge in [0.15, 0.2) is 0 Å². The smallest absolute Gasteiger partial charge is 0.00427 e. The lowest BCUT2D eigenvalue weighted by Crippen LogP contribution is -2.01. The fraction of sp³-hybridized carbons (Fsp3) is 0.579. The molecule has 0 saturated carbocycles. The second-order valence-corrected chi connectivity index (χ2v) is 5.92. The molecule has 0 bridgehead atoms. The minimum Gasteiger partial charge on any atom is -0.0840 e. The van der Waals surface area contributed by atoms with Gasteiger partial charge in [0.2, 0.25) is 0 Å². The van der Waals surface area contributed by atoms with Crippen LogP contribution in [0.2, 0.25) is 0 Å². The first-order valence-electron chi connectivity index (χ1n) is 7.77. The molecule has 0 N–H and O–H groups in total. The van der Waals surface area contributed by atoms with Crippen LogP contribution in [-0.4, -0.2) is 0 Å². The van der Waals surface area contributed by atoms with E-state index in [0.717, 1.165) is 0 Å². The van der Waals surface area contributed by atoms with E-state index in [1.165, 1.54) is 36.8 Å². The molecule has 0 saturated heterocycles. The van der Waals surface area contributed by atoms with E-state index in [9.17, 15) is 0 Å². The molecule has 0 heterocycles. The van der Waals surface area contributed by atoms with Crippen LogP contribution in [0.1, 0.15) is 60.3 Å². The van der Waals surface area contributed by atoms with Gasteiger partial charge in [0.25, 0.3) is 0 Å². The Kier molecular flexibility index (Phi) is 6.91. The quantitative estimate of drug-likeness (QED) is 0.495. The highest BCUT2D eigenvalue weighted by atomic mass is 14.1. The fourth-order valence-corrected chi connectivity index (χ4v) is 2.71. The van der Waals surface area contributed by atoms with Gasteiger partial charge >= 0.3 is 0 Å². The molecule has 0 nitrogen and oxygen atoms in total. The summed E-state index contributed by atoms with van der Waals surface area (Å²) in [5.74, 6) is 1.28. The van der Waals surface area contributed by atoms with E-state index in [0.29, 0.717) is 11.8 Å². The zero-order valence-corrected chi connectivity index (χ0v) is 13.4. The van der Waals surface area contributed by atoms with E-state index in [4.69, 9.17) is 0 Å². The summed E-state index contributed by atoms with van der Waals surface area (Å²) in [6, 6.07) is 0. The second-order valence-electron chi connectivity index (χ2n) is 5.92. The van der Waals surface area contributed by atoms with Crippen LogP contribution in [0.25, 0.3) is 0 Å². The zero-order chi connectivity index (χ0) is 14.3. The van der Waals surface area contributed by atoms with Crippen LogP contribution in [0.15, 0.2) is 47.1 Å². The molecule has 0 aromatic carbocycles. The Hall–Kier alpha value is -1.04. The van der Waals surface area contributed by atoms with E-state index in [1.54, 1.807) is 5.57 Å². The van der Waals surface area contributed by atoms with Gasteiger partial charge in [0, 0.05) is 0 Å². The summed E-state index contributed by atoms with van der Waals surface area (Å²) >= 11 is 0. The average Bonchev–Trinajstić information content (AvgIpc) is 2.39. The molecule has 19 heavy (non-hydrogen) atoms. The van der Waals surface area contributed by atoms with Crippen molar-refractivity contribution >= 4 is 0 Å². The predicted octanol–water partition coefficient (Wildman–Crippen LogP) is 6.23. The van der Waals surface area contributed by atoms with E-state index >= 15 is 0 Å². The molecule has 0 amide bonds. The Labute approximate surface area is 120 Å². The van der Waals surface area contributed by atoms with Gasteiger partial charge in [-0.25, -0.2) is 0 Å². The summed E-state index contributed by atoms with van der Waals surface area (Å²) in [7, 11) is 0. The zero-order valence-electron chi connectivity index (χ0n) is 13.4. The first-order valence-corrected chi connectivity index (χ1v) is 7.77. The monoisotopic (exact) mass is 258 g/mol. The van der Waals surface area contributed by atoms with Gasteiger partial charge in [-0.2, -0.15) is 0 Å². The summed E-state index contributed by atoms with van der Waals surface area (Å²) in [4.78, 5) is 0. The molecular weight excluding hydrogens is 228 g/mol. The molecular formula is C19H30. The normalized spacial score (nSPS) is 20.2. The third-order valence-corrected chi connectivity index (χ3v) is 4.26. The van der Waals surface area contributed by atoms with Gasteiger partial charge in [-0.3, -0.25) is 0 Å². The highest BCUT2D eigenvalue weighted by molar-refractivity contribution is 5.31. The molecule has 0 fully saturated rings. The van der Waals surface area contributed by atoms with Crippen molar-refractivity contribution in [1.29, 1.82) is 0 Å². The number of rotatable bonds is 6. The maximum absolute atomic E-state index is 2.35. The van der Waals surface area contributed by atoms with Crippen LogP contribution in [-0.2, 0) is 0 Å². The lowest BCUT2D eigenvalue weighted by atomic mass is 9.88. The van der Waals surface area contributed by atoms with E-state index in [1.807, 2.05) is 0 Å². The van der Waals surface area contributed by atoms with Gasteiger partial charge in [-0.15, -0.1) is 0 Å². The lowest BCUT2D eigenvalue weighted by Gasteiger charge is -2.17. The highest BCUT2D eigenvalue weighted by Gasteiger charge is 2.09. The number of allylic oxidation sites excluding steroid dienone is 8. The maximum Gasteiger partial charge on any atom is -0.00427 e. The van der Waals surface area contributed by atoms with Crippen LogP contribution in [0.3, 0.4) is 0 Å². The van der Waals surface area contributed by atoms with Crippen molar-refractivity contribution in [3.8, 4) is 0 Å². The molecule has 1 aliphatic carbocycles. The number of hydrogen-bond acceptors (Lipinski definition) is 0. The Balaban J connectivity index is 2.61. The summed E-state index contributed by atoms with van der Waals surface area (Å²) in [5.41, 5.74) is 4.56. The van der Waals surface area contributed by atoms with Gasteiger partial charge in [-0.1, -0.05) is 74.3 Å². The van der Waals surface area contributed by atoms with Crippen LogP contribution in [0, 0.1) is 11.8 Å². The Morgan fingerprint density at radius 3 is 2.74 bits per heavy atom. The van der Waals surface area contributed by atoms with Gasteiger partial charge in [0.1, 0.15) is 0 Å². The second kappa shape index (κ2) is 8.19. The molecule has 2 atom stereocenters. The van der Waals surface area contributed by atoms with E-state index in [-0.39, 0.29) is 0 Å². The largest absolute Gasteiger partial charge is 0.0840 e. The summed E-state index contributed by atoms with van der Waals surface area (Å²) in [6.07, 6.45) is 16.4. The molecule has 0 spiro atoms. The first-order chi connectivity index (χ1) is 9.06. The summed E-state index contributed by atoms with van der Waals surface area (Å²) in [5, 5.41) is 0. The van der Waals surface area contributed by atoms with Crippen LogP contribution < -0.4 is 0 Å². The maximum atomic E-state index is 2.35. The lowest BCUT2D eigenvalue weighted by molar-refractivity contribution is 0.601. The molecule has 0 heteroatoms.